The molecule has 0 radical (unpaired) electrons. The molecule has 0 fully saturated rings. The fraction of sp³-hybridized carbons (Fsp3) is 0.714. The highest BCUT2D eigenvalue weighted by atomic mass is 31.2. The van der Waals surface area contributed by atoms with Gasteiger partial charge in [-0.25, -0.2) is 9.13 Å². The van der Waals surface area contributed by atoms with Crippen LogP contribution in [0.5, 0.6) is 0 Å². The van der Waals surface area contributed by atoms with E-state index in [1.807, 2.05) is 0 Å². The Kier molecular flexibility index (Phi) is 66.1. The molecular formula is C77H132O17P2. The van der Waals surface area contributed by atoms with Crippen LogP contribution in [0.2, 0.25) is 0 Å². The van der Waals surface area contributed by atoms with Crippen molar-refractivity contribution in [3.8, 4) is 0 Å². The fourth-order valence-corrected chi connectivity index (χ4v) is 11.2. The Morgan fingerprint density at radius 2 is 0.542 bits per heavy atom. The number of phosphoric acid groups is 2. The van der Waals surface area contributed by atoms with E-state index in [9.17, 15) is 43.2 Å². The van der Waals surface area contributed by atoms with Gasteiger partial charge in [-0.2, -0.15) is 0 Å². The number of carbonyl (C=O) groups excluding carboxylic acids is 4. The third-order valence-corrected chi connectivity index (χ3v) is 17.1. The van der Waals surface area contributed by atoms with E-state index in [1.54, 1.807) is 0 Å². The second kappa shape index (κ2) is 69.2. The maximum atomic E-state index is 13.1. The molecule has 0 saturated heterocycles. The topological polar surface area (TPSA) is 237 Å². The van der Waals surface area contributed by atoms with Crippen molar-refractivity contribution in [1.29, 1.82) is 0 Å². The van der Waals surface area contributed by atoms with Gasteiger partial charge in [-0.3, -0.25) is 37.3 Å². The molecule has 0 bridgehead atoms. The quantitative estimate of drug-likeness (QED) is 0.0169. The molecule has 0 aliphatic rings. The second-order valence-corrected chi connectivity index (χ2v) is 27.4. The zero-order valence-corrected chi connectivity index (χ0v) is 61.8. The molecule has 0 saturated carbocycles. The van der Waals surface area contributed by atoms with Crippen LogP contribution < -0.4 is 0 Å². The number of rotatable bonds is 69. The van der Waals surface area contributed by atoms with Crippen molar-refractivity contribution < 1.29 is 80.2 Å². The van der Waals surface area contributed by atoms with E-state index < -0.39 is 97.5 Å². The normalized spacial score (nSPS) is 14.6. The van der Waals surface area contributed by atoms with Gasteiger partial charge in [0.2, 0.25) is 0 Å². The van der Waals surface area contributed by atoms with Gasteiger partial charge in [0.1, 0.15) is 19.3 Å². The summed E-state index contributed by atoms with van der Waals surface area (Å²) in [6.45, 7) is 4.53. The van der Waals surface area contributed by atoms with E-state index in [-0.39, 0.29) is 25.7 Å². The first-order valence-electron chi connectivity index (χ1n) is 37.1. The van der Waals surface area contributed by atoms with Crippen molar-refractivity contribution in [2.24, 2.45) is 0 Å². The summed E-state index contributed by atoms with van der Waals surface area (Å²) in [5, 5.41) is 10.6. The van der Waals surface area contributed by atoms with Crippen LogP contribution >= 0.6 is 15.6 Å². The number of phosphoric ester groups is 2. The predicted octanol–water partition coefficient (Wildman–Crippen LogP) is 21.0. The lowest BCUT2D eigenvalue weighted by Gasteiger charge is -2.21. The van der Waals surface area contributed by atoms with Crippen LogP contribution in [-0.4, -0.2) is 96.7 Å². The minimum atomic E-state index is -4.98. The Morgan fingerprint density at radius 3 is 0.875 bits per heavy atom. The van der Waals surface area contributed by atoms with Gasteiger partial charge in [-0.1, -0.05) is 253 Å². The number of aliphatic hydroxyl groups excluding tert-OH is 1. The number of hydrogen-bond donors (Lipinski definition) is 3. The van der Waals surface area contributed by atoms with Crippen LogP contribution in [0.25, 0.3) is 0 Å². The molecule has 0 amide bonds. The zero-order valence-electron chi connectivity index (χ0n) is 60.0. The molecule has 0 spiro atoms. The summed E-state index contributed by atoms with van der Waals surface area (Å²) >= 11 is 0. The Bertz CT molecular complexity index is 2250. The summed E-state index contributed by atoms with van der Waals surface area (Å²) in [6.07, 6.45) is 72.3. The third kappa shape index (κ3) is 68.3. The lowest BCUT2D eigenvalue weighted by atomic mass is 10.1. The molecule has 96 heavy (non-hydrogen) atoms. The molecule has 0 aromatic rings. The summed E-state index contributed by atoms with van der Waals surface area (Å²) in [7, 11) is -9.96. The number of esters is 4. The molecule has 5 unspecified atom stereocenters. The molecule has 0 aliphatic heterocycles. The standard InChI is InChI=1S/C77H132O17P2/c1-5-9-13-17-21-25-29-32-35-38-42-45-49-53-57-61-74(79)87-67-72(93-76(81)63-59-55-51-47-41-28-24-20-16-12-8-4)69-91-95(83,84)89-65-71(78)66-90-96(85,86)92-70-73(94-77(82)64-60-56-52-48-44-40-37-34-31-27-23-19-15-11-7-3)68-88-75(80)62-58-54-50-46-43-39-36-33-30-26-22-18-14-10-6-2/h9-10,13-14,21-23,25-27,32-37,42,45,71-73,78H,5-8,11-12,15-20,24,28-31,38-41,43-44,46-70H2,1-4H3,(H,83,84)(H,85,86)/b13-9-,14-10-,25-21-,26-22-,27-23-,35-32-,36-33-,37-34-,45-42-. The van der Waals surface area contributed by atoms with E-state index in [4.69, 9.17) is 37.0 Å². The van der Waals surface area contributed by atoms with Crippen LogP contribution in [0.4, 0.5) is 0 Å². The fourth-order valence-electron chi connectivity index (χ4n) is 9.61. The number of ether oxygens (including phenoxy) is 4. The largest absolute Gasteiger partial charge is 0.472 e. The predicted molar refractivity (Wildman–Crippen MR) is 390 cm³/mol. The molecular weight excluding hydrogens is 1260 g/mol. The molecule has 5 atom stereocenters. The van der Waals surface area contributed by atoms with Gasteiger partial charge in [0.05, 0.1) is 26.4 Å². The Labute approximate surface area is 581 Å². The van der Waals surface area contributed by atoms with Crippen molar-refractivity contribution in [1.82, 2.24) is 0 Å². The van der Waals surface area contributed by atoms with Crippen LogP contribution in [0, 0.1) is 0 Å². The maximum Gasteiger partial charge on any atom is 0.472 e. The van der Waals surface area contributed by atoms with E-state index in [1.165, 1.54) is 57.8 Å². The first kappa shape index (κ1) is 91.7. The van der Waals surface area contributed by atoms with Crippen LogP contribution in [-0.2, 0) is 65.4 Å². The van der Waals surface area contributed by atoms with Gasteiger partial charge in [-0.05, 0) is 128 Å². The summed E-state index contributed by atoms with van der Waals surface area (Å²) < 4.78 is 68.3. The molecule has 0 rings (SSSR count). The van der Waals surface area contributed by atoms with E-state index in [0.29, 0.717) is 25.7 Å². The highest BCUT2D eigenvalue weighted by molar-refractivity contribution is 7.47. The summed E-state index contributed by atoms with van der Waals surface area (Å²) in [5.41, 5.74) is 0. The summed E-state index contributed by atoms with van der Waals surface area (Å²) in [4.78, 5) is 72.7. The molecule has 0 aromatic carbocycles. The van der Waals surface area contributed by atoms with Crippen molar-refractivity contribution in [3.63, 3.8) is 0 Å². The van der Waals surface area contributed by atoms with E-state index in [2.05, 4.69) is 137 Å². The highest BCUT2D eigenvalue weighted by Crippen LogP contribution is 2.45. The SMILES string of the molecule is CC/C=C\C/C=C\C/C=C\C/C=C\CCCCC(=O)OCC(COP(=O)(O)OCC(O)COP(=O)(O)OCC(COC(=O)CCCCCCC/C=C\C/C=C\C/C=C\CC)OC(=O)CCCCCCC/C=C\C/C=C\CCCCC)OC(=O)CCCCCCCCCCCCC. The molecule has 0 heterocycles. The second-order valence-electron chi connectivity index (χ2n) is 24.5. The Morgan fingerprint density at radius 1 is 0.302 bits per heavy atom. The average Bonchev–Trinajstić information content (AvgIpc) is 1.11. The smallest absolute Gasteiger partial charge is 0.462 e. The number of allylic oxidation sites excluding steroid dienone is 18. The molecule has 3 N–H and O–H groups in total. The summed E-state index contributed by atoms with van der Waals surface area (Å²) in [5.74, 6) is -2.25. The van der Waals surface area contributed by atoms with Gasteiger partial charge in [0.15, 0.2) is 12.2 Å². The first-order valence-corrected chi connectivity index (χ1v) is 40.1. The van der Waals surface area contributed by atoms with Gasteiger partial charge in [0, 0.05) is 25.7 Å². The minimum absolute atomic E-state index is 0.0734. The Balaban J connectivity index is 5.38. The van der Waals surface area contributed by atoms with Crippen LogP contribution in [0.15, 0.2) is 109 Å². The van der Waals surface area contributed by atoms with Crippen LogP contribution in [0.1, 0.15) is 297 Å². The Hall–Kier alpha value is -4.28. The average molecular weight is 1390 g/mol. The molecule has 552 valence electrons. The molecule has 19 heteroatoms. The maximum absolute atomic E-state index is 13.1. The lowest BCUT2D eigenvalue weighted by Crippen LogP contribution is -2.30. The van der Waals surface area contributed by atoms with Crippen molar-refractivity contribution >= 4 is 39.5 Å². The number of hydrogen-bond acceptors (Lipinski definition) is 15. The number of unbranched alkanes of at least 4 members (excludes halogenated alkanes) is 25. The van der Waals surface area contributed by atoms with Gasteiger partial charge < -0.3 is 33.8 Å². The molecule has 17 nitrogen and oxygen atoms in total. The van der Waals surface area contributed by atoms with Crippen molar-refractivity contribution in [2.75, 3.05) is 39.6 Å². The van der Waals surface area contributed by atoms with E-state index >= 15 is 0 Å². The van der Waals surface area contributed by atoms with E-state index in [0.717, 1.165) is 161 Å². The zero-order chi connectivity index (χ0) is 70.4. The molecule has 0 aromatic heterocycles. The van der Waals surface area contributed by atoms with Crippen LogP contribution in [0.3, 0.4) is 0 Å². The minimum Gasteiger partial charge on any atom is -0.462 e. The third-order valence-electron chi connectivity index (χ3n) is 15.2. The van der Waals surface area contributed by atoms with Gasteiger partial charge in [-0.15, -0.1) is 0 Å². The molecule has 0 aliphatic carbocycles. The van der Waals surface area contributed by atoms with Gasteiger partial charge in [0.25, 0.3) is 0 Å². The number of carbonyl (C=O) groups is 4. The number of aliphatic hydroxyl groups is 1. The first-order chi connectivity index (χ1) is 46.7. The summed E-state index contributed by atoms with van der Waals surface area (Å²) in [6, 6.07) is 0. The highest BCUT2D eigenvalue weighted by Gasteiger charge is 2.30. The van der Waals surface area contributed by atoms with Crippen molar-refractivity contribution in [3.05, 3.63) is 109 Å². The van der Waals surface area contributed by atoms with Crippen molar-refractivity contribution in [2.45, 2.75) is 316 Å². The van der Waals surface area contributed by atoms with Gasteiger partial charge >= 0.3 is 39.5 Å². The lowest BCUT2D eigenvalue weighted by molar-refractivity contribution is -0.161. The monoisotopic (exact) mass is 1390 g/mol.